The number of aromatic nitrogens is 1. The van der Waals surface area contributed by atoms with E-state index in [1.54, 1.807) is 4.90 Å². The molecule has 2 aromatic carbocycles. The molecule has 1 amide bonds. The van der Waals surface area contributed by atoms with Gasteiger partial charge in [-0.1, -0.05) is 0 Å². The summed E-state index contributed by atoms with van der Waals surface area (Å²) in [5.74, 6) is -6.37. The highest BCUT2D eigenvalue weighted by Crippen LogP contribution is 2.35. The summed E-state index contributed by atoms with van der Waals surface area (Å²) in [5.41, 5.74) is -0.367. The van der Waals surface area contributed by atoms with E-state index in [-0.39, 0.29) is 29.1 Å². The smallest absolute Gasteiger partial charge is 0.420 e. The quantitative estimate of drug-likeness (QED) is 0.326. The van der Waals surface area contributed by atoms with Crippen LogP contribution < -0.4 is 10.1 Å². The lowest BCUT2D eigenvalue weighted by Gasteiger charge is -2.37. The Hall–Kier alpha value is -3.12. The van der Waals surface area contributed by atoms with Crippen LogP contribution in [0.15, 0.2) is 30.5 Å². The Bertz CT molecular complexity index is 1250. The molecule has 2 heterocycles. The number of halogens is 5. The van der Waals surface area contributed by atoms with Gasteiger partial charge in [0.05, 0.1) is 15.8 Å². The predicted molar refractivity (Wildman–Crippen MR) is 115 cm³/mol. The summed E-state index contributed by atoms with van der Waals surface area (Å²) in [6, 6.07) is 3.68. The Morgan fingerprint density at radius 1 is 1.15 bits per heavy atom. The number of alkyl halides is 3. The number of hydrogen-bond donors (Lipinski definition) is 1. The molecule has 1 aliphatic rings. The normalized spacial score (nSPS) is 18.9. The SMILES string of the molecule is C[C@@H]1CN(C(=O)c2cc(-c3c(F)cc(OC(=O)C(F)(F)F)cc3F)cc3cnsc23)[C@@H](C)CN1. The Balaban J connectivity index is 1.76. The number of rotatable bonds is 3. The number of carbonyl (C=O) groups is 2. The van der Waals surface area contributed by atoms with E-state index in [1.807, 2.05) is 13.8 Å². The first-order valence-electron chi connectivity index (χ1n) is 10.2. The second-order valence-corrected chi connectivity index (χ2v) is 8.83. The van der Waals surface area contributed by atoms with E-state index in [2.05, 4.69) is 14.4 Å². The molecule has 1 N–H and O–H groups in total. The minimum absolute atomic E-state index is 0.00409. The zero-order valence-electron chi connectivity index (χ0n) is 17.9. The summed E-state index contributed by atoms with van der Waals surface area (Å²) in [5, 5.41) is 3.75. The minimum Gasteiger partial charge on any atom is -0.420 e. The number of fused-ring (bicyclic) bond motifs is 1. The first kappa shape index (κ1) is 24.0. The number of piperazine rings is 1. The molecule has 6 nitrogen and oxygen atoms in total. The molecular weight excluding hydrogens is 481 g/mol. The number of amides is 1. The third-order valence-electron chi connectivity index (χ3n) is 5.46. The van der Waals surface area contributed by atoms with E-state index >= 15 is 0 Å². The highest BCUT2D eigenvalue weighted by molar-refractivity contribution is 7.13. The molecule has 0 bridgehead atoms. The molecule has 0 saturated carbocycles. The fourth-order valence-corrected chi connectivity index (χ4v) is 4.53. The molecule has 0 radical (unpaired) electrons. The summed E-state index contributed by atoms with van der Waals surface area (Å²) in [4.78, 5) is 26.1. The van der Waals surface area contributed by atoms with Crippen LogP contribution in [0.25, 0.3) is 21.2 Å². The first-order chi connectivity index (χ1) is 16.0. The lowest BCUT2D eigenvalue weighted by Crippen LogP contribution is -2.56. The second kappa shape index (κ2) is 8.91. The van der Waals surface area contributed by atoms with Gasteiger partial charge in [-0.05, 0) is 43.1 Å². The summed E-state index contributed by atoms with van der Waals surface area (Å²) in [7, 11) is 0. The van der Waals surface area contributed by atoms with Gasteiger partial charge < -0.3 is 15.0 Å². The average molecular weight is 499 g/mol. The van der Waals surface area contributed by atoms with Gasteiger partial charge >= 0.3 is 12.1 Å². The van der Waals surface area contributed by atoms with Crippen LogP contribution in [0.4, 0.5) is 22.0 Å². The van der Waals surface area contributed by atoms with Crippen LogP contribution in [0, 0.1) is 11.6 Å². The van der Waals surface area contributed by atoms with Crippen molar-refractivity contribution >= 4 is 33.5 Å². The number of hydrogen-bond acceptors (Lipinski definition) is 6. The monoisotopic (exact) mass is 499 g/mol. The van der Waals surface area contributed by atoms with Crippen LogP contribution in [-0.4, -0.2) is 52.5 Å². The van der Waals surface area contributed by atoms with E-state index in [0.717, 1.165) is 11.5 Å². The molecule has 1 saturated heterocycles. The third kappa shape index (κ3) is 4.60. The molecule has 1 aliphatic heterocycles. The van der Waals surface area contributed by atoms with Crippen LogP contribution in [0.5, 0.6) is 5.75 Å². The maximum atomic E-state index is 14.8. The molecule has 2 atom stereocenters. The molecule has 12 heteroatoms. The predicted octanol–water partition coefficient (Wildman–Crippen LogP) is 4.53. The Morgan fingerprint density at radius 3 is 2.47 bits per heavy atom. The molecular formula is C22H18F5N3O3S. The van der Waals surface area contributed by atoms with Gasteiger partial charge in [-0.15, -0.1) is 0 Å². The van der Waals surface area contributed by atoms with Gasteiger partial charge in [-0.25, -0.2) is 13.6 Å². The fraction of sp³-hybridized carbons (Fsp3) is 0.318. The summed E-state index contributed by atoms with van der Waals surface area (Å²) in [6.45, 7) is 4.83. The molecule has 1 fully saturated rings. The summed E-state index contributed by atoms with van der Waals surface area (Å²) < 4.78 is 75.6. The largest absolute Gasteiger partial charge is 0.491 e. The van der Waals surface area contributed by atoms with E-state index in [1.165, 1.54) is 18.3 Å². The van der Waals surface area contributed by atoms with Gasteiger partial charge in [0.25, 0.3) is 5.91 Å². The molecule has 0 unspecified atom stereocenters. The maximum absolute atomic E-state index is 14.8. The molecule has 4 rings (SSSR count). The number of benzene rings is 2. The Morgan fingerprint density at radius 2 is 1.82 bits per heavy atom. The highest BCUT2D eigenvalue weighted by atomic mass is 32.1. The summed E-state index contributed by atoms with van der Waals surface area (Å²) >= 11 is 1.07. The van der Waals surface area contributed by atoms with Gasteiger partial charge in [0.15, 0.2) is 0 Å². The van der Waals surface area contributed by atoms with E-state index in [9.17, 15) is 31.5 Å². The molecule has 3 aromatic rings. The third-order valence-corrected chi connectivity index (χ3v) is 6.30. The Labute approximate surface area is 194 Å². The second-order valence-electron chi connectivity index (χ2n) is 8.03. The van der Waals surface area contributed by atoms with Gasteiger partial charge in [0.2, 0.25) is 0 Å². The van der Waals surface area contributed by atoms with Crippen LogP contribution in [0.3, 0.4) is 0 Å². The topological polar surface area (TPSA) is 71.5 Å². The highest BCUT2D eigenvalue weighted by Gasteiger charge is 2.41. The van der Waals surface area contributed by atoms with E-state index in [4.69, 9.17) is 0 Å². The van der Waals surface area contributed by atoms with Crippen molar-refractivity contribution in [2.75, 3.05) is 13.1 Å². The number of nitrogens with zero attached hydrogens (tertiary/aromatic N) is 2. The lowest BCUT2D eigenvalue weighted by atomic mass is 9.98. The van der Waals surface area contributed by atoms with Gasteiger partial charge in [-0.2, -0.15) is 17.5 Å². The number of carbonyl (C=O) groups excluding carboxylic acids is 2. The molecule has 180 valence electrons. The molecule has 34 heavy (non-hydrogen) atoms. The van der Waals surface area contributed by atoms with Crippen molar-refractivity contribution in [3.63, 3.8) is 0 Å². The van der Waals surface area contributed by atoms with Crippen LogP contribution in [0.2, 0.25) is 0 Å². The standard InChI is InChI=1S/C22H18F5N3O3S/c1-10-9-30(11(2)7-28-10)20(31)15-4-12(3-13-8-29-34-19(13)15)18-16(23)5-14(6-17(18)24)33-21(32)22(25,26)27/h3-6,8,10-11,28H,7,9H2,1-2H3/t10-,11+/m1/s1. The maximum Gasteiger partial charge on any atom is 0.491 e. The number of ether oxygens (including phenoxy) is 1. The lowest BCUT2D eigenvalue weighted by molar-refractivity contribution is -0.189. The first-order valence-corrected chi connectivity index (χ1v) is 10.9. The number of nitrogens with one attached hydrogen (secondary N) is 1. The molecule has 1 aromatic heterocycles. The van der Waals surface area contributed by atoms with Crippen LogP contribution >= 0.6 is 11.5 Å². The van der Waals surface area contributed by atoms with Crippen molar-refractivity contribution in [1.29, 1.82) is 0 Å². The van der Waals surface area contributed by atoms with Crippen molar-refractivity contribution in [1.82, 2.24) is 14.6 Å². The van der Waals surface area contributed by atoms with Crippen LogP contribution in [0.1, 0.15) is 24.2 Å². The van der Waals surface area contributed by atoms with Gasteiger partial charge in [0.1, 0.15) is 17.4 Å². The van der Waals surface area contributed by atoms with Crippen molar-refractivity contribution in [3.8, 4) is 16.9 Å². The van der Waals surface area contributed by atoms with Crippen molar-refractivity contribution in [2.24, 2.45) is 0 Å². The van der Waals surface area contributed by atoms with Crippen LogP contribution in [-0.2, 0) is 4.79 Å². The van der Waals surface area contributed by atoms with Crippen molar-refractivity contribution < 1.29 is 36.3 Å². The van der Waals surface area contributed by atoms with Gasteiger partial charge in [-0.3, -0.25) is 4.79 Å². The molecule has 0 spiro atoms. The van der Waals surface area contributed by atoms with Crippen molar-refractivity contribution in [2.45, 2.75) is 32.1 Å². The van der Waals surface area contributed by atoms with Crippen molar-refractivity contribution in [3.05, 3.63) is 47.7 Å². The Kier molecular flexibility index (Phi) is 6.30. The van der Waals surface area contributed by atoms with E-state index < -0.39 is 35.1 Å². The summed E-state index contributed by atoms with van der Waals surface area (Å²) in [6.07, 6.45) is -3.87. The molecule has 0 aliphatic carbocycles. The fourth-order valence-electron chi connectivity index (χ4n) is 3.80. The average Bonchev–Trinajstić information content (AvgIpc) is 3.22. The van der Waals surface area contributed by atoms with Gasteiger partial charge in [0, 0.05) is 48.9 Å². The minimum atomic E-state index is -5.32. The zero-order chi connectivity index (χ0) is 24.8. The number of esters is 1. The zero-order valence-corrected chi connectivity index (χ0v) is 18.7. The van der Waals surface area contributed by atoms with E-state index in [0.29, 0.717) is 35.3 Å².